The van der Waals surface area contributed by atoms with Crippen molar-refractivity contribution < 1.29 is 14.3 Å². The lowest BCUT2D eigenvalue weighted by Crippen LogP contribution is -2.38. The Balaban J connectivity index is 2.00. The van der Waals surface area contributed by atoms with Gasteiger partial charge in [-0.1, -0.05) is 15.9 Å². The molecule has 0 saturated carbocycles. The van der Waals surface area contributed by atoms with Crippen LogP contribution < -0.4 is 5.32 Å². The van der Waals surface area contributed by atoms with Crippen molar-refractivity contribution in [2.45, 2.75) is 26.3 Å². The van der Waals surface area contributed by atoms with Crippen LogP contribution in [0.3, 0.4) is 0 Å². The molecule has 0 bridgehead atoms. The van der Waals surface area contributed by atoms with E-state index in [4.69, 9.17) is 4.74 Å². The third-order valence-electron chi connectivity index (χ3n) is 3.92. The van der Waals surface area contributed by atoms with Crippen molar-refractivity contribution >= 4 is 33.4 Å². The molecule has 5 nitrogen and oxygen atoms in total. The number of carbonyl (C=O) groups excluding carboxylic acids is 2. The monoisotopic (exact) mass is 368 g/mol. The van der Waals surface area contributed by atoms with E-state index in [9.17, 15) is 9.59 Å². The third-order valence-corrected chi connectivity index (χ3v) is 4.41. The maximum Gasteiger partial charge on any atom is 0.229 e. The van der Waals surface area contributed by atoms with Gasteiger partial charge in [0.25, 0.3) is 0 Å². The molecule has 0 spiro atoms. The Hall–Kier alpha value is -1.40. The number of amides is 2. The minimum absolute atomic E-state index is 0.00952. The Morgan fingerprint density at radius 2 is 2.27 bits per heavy atom. The summed E-state index contributed by atoms with van der Waals surface area (Å²) in [7, 11) is 1.61. The van der Waals surface area contributed by atoms with Gasteiger partial charge in [0.05, 0.1) is 18.6 Å². The molecular weight excluding hydrogens is 348 g/mol. The van der Waals surface area contributed by atoms with Gasteiger partial charge in [0, 0.05) is 30.2 Å². The van der Waals surface area contributed by atoms with Crippen LogP contribution in [0, 0.1) is 12.8 Å². The van der Waals surface area contributed by atoms with E-state index in [-0.39, 0.29) is 30.2 Å². The van der Waals surface area contributed by atoms with Crippen LogP contribution in [0.15, 0.2) is 22.7 Å². The van der Waals surface area contributed by atoms with Gasteiger partial charge in [-0.25, -0.2) is 0 Å². The van der Waals surface area contributed by atoms with Crippen molar-refractivity contribution in [1.29, 1.82) is 0 Å². The number of ether oxygens (including phenoxy) is 1. The van der Waals surface area contributed by atoms with Gasteiger partial charge >= 0.3 is 0 Å². The molecule has 0 unspecified atom stereocenters. The number of rotatable bonds is 5. The fraction of sp³-hybridized carbons (Fsp3) is 0.500. The summed E-state index contributed by atoms with van der Waals surface area (Å²) in [5, 5.41) is 2.92. The molecule has 1 aromatic carbocycles. The van der Waals surface area contributed by atoms with E-state index in [0.717, 1.165) is 15.7 Å². The zero-order valence-electron chi connectivity index (χ0n) is 13.1. The van der Waals surface area contributed by atoms with E-state index >= 15 is 0 Å². The highest BCUT2D eigenvalue weighted by Crippen LogP contribution is 2.24. The molecule has 1 aliphatic rings. The van der Waals surface area contributed by atoms with Crippen LogP contribution in [0.5, 0.6) is 0 Å². The summed E-state index contributed by atoms with van der Waals surface area (Å²) in [5.41, 5.74) is 1.76. The molecule has 6 heteroatoms. The van der Waals surface area contributed by atoms with Gasteiger partial charge in [0.2, 0.25) is 11.8 Å². The first-order valence-electron chi connectivity index (χ1n) is 7.27. The maximum absolute atomic E-state index is 12.4. The summed E-state index contributed by atoms with van der Waals surface area (Å²) < 4.78 is 6.05. The normalized spacial score (nSPS) is 19.4. The summed E-state index contributed by atoms with van der Waals surface area (Å²) >= 11 is 3.40. The highest BCUT2D eigenvalue weighted by molar-refractivity contribution is 9.10. The number of nitrogens with zero attached hydrogens (tertiary/aromatic N) is 1. The Bertz CT molecular complexity index is 577. The van der Waals surface area contributed by atoms with Gasteiger partial charge in [-0.05, 0) is 37.6 Å². The predicted octanol–water partition coefficient (Wildman–Crippen LogP) is 2.58. The summed E-state index contributed by atoms with van der Waals surface area (Å²) in [4.78, 5) is 26.2. The fourth-order valence-corrected chi connectivity index (χ4v) is 3.14. The second-order valence-electron chi connectivity index (χ2n) is 5.70. The number of halogens is 1. The second kappa shape index (κ2) is 7.24. The first-order chi connectivity index (χ1) is 10.4. The summed E-state index contributed by atoms with van der Waals surface area (Å²) in [6.07, 6.45) is 0.259. The number of methoxy groups -OCH3 is 1. The van der Waals surface area contributed by atoms with Gasteiger partial charge < -0.3 is 15.0 Å². The molecule has 2 amide bonds. The minimum atomic E-state index is -0.310. The fourth-order valence-electron chi connectivity index (χ4n) is 2.67. The molecule has 1 fully saturated rings. The van der Waals surface area contributed by atoms with Crippen molar-refractivity contribution in [3.63, 3.8) is 0 Å². The molecule has 2 atom stereocenters. The van der Waals surface area contributed by atoms with E-state index in [0.29, 0.717) is 13.2 Å². The summed E-state index contributed by atoms with van der Waals surface area (Å²) in [6, 6.07) is 5.68. The minimum Gasteiger partial charge on any atom is -0.383 e. The number of likely N-dealkylation sites (tertiary alicyclic amines) is 1. The number of carbonyl (C=O) groups is 2. The number of hydrogen-bond donors (Lipinski definition) is 1. The lowest BCUT2D eigenvalue weighted by molar-refractivity contribution is -0.130. The molecular formula is C16H21BrN2O3. The molecule has 1 N–H and O–H groups in total. The first kappa shape index (κ1) is 17.0. The van der Waals surface area contributed by atoms with E-state index in [2.05, 4.69) is 21.2 Å². The second-order valence-corrected chi connectivity index (χ2v) is 6.62. The van der Waals surface area contributed by atoms with Gasteiger partial charge in [-0.3, -0.25) is 9.59 Å². The van der Waals surface area contributed by atoms with Crippen LogP contribution in [0.1, 0.15) is 18.9 Å². The standard InChI is InChI=1S/C16H21BrN2O3/c1-10-6-13(17)4-5-14(10)18-16(21)12-7-15(20)19(8-12)11(2)9-22-3/h4-6,11-12H,7-9H2,1-3H3,(H,18,21)/t11-,12-/m1/s1. The van der Waals surface area contributed by atoms with Crippen LogP contribution in [-0.4, -0.2) is 43.0 Å². The first-order valence-corrected chi connectivity index (χ1v) is 8.07. The number of nitrogens with one attached hydrogen (secondary N) is 1. The highest BCUT2D eigenvalue weighted by atomic mass is 79.9. The molecule has 22 heavy (non-hydrogen) atoms. The van der Waals surface area contributed by atoms with Gasteiger partial charge in [0.1, 0.15) is 0 Å². The average Bonchev–Trinajstić information content (AvgIpc) is 2.84. The van der Waals surface area contributed by atoms with Crippen LogP contribution >= 0.6 is 15.9 Å². The smallest absolute Gasteiger partial charge is 0.229 e. The van der Waals surface area contributed by atoms with Crippen LogP contribution in [0.4, 0.5) is 5.69 Å². The number of anilines is 1. The lowest BCUT2D eigenvalue weighted by Gasteiger charge is -2.24. The summed E-state index contributed by atoms with van der Waals surface area (Å²) in [5.74, 6) is -0.405. The van der Waals surface area contributed by atoms with Crippen molar-refractivity contribution in [3.8, 4) is 0 Å². The molecule has 1 saturated heterocycles. The van der Waals surface area contributed by atoms with Crippen molar-refractivity contribution in [2.75, 3.05) is 25.6 Å². The zero-order valence-corrected chi connectivity index (χ0v) is 14.6. The molecule has 0 aromatic heterocycles. The molecule has 1 heterocycles. The Kier molecular flexibility index (Phi) is 5.58. The number of benzene rings is 1. The van der Waals surface area contributed by atoms with Crippen molar-refractivity contribution in [1.82, 2.24) is 4.90 Å². The van der Waals surface area contributed by atoms with Crippen molar-refractivity contribution in [2.24, 2.45) is 5.92 Å². The summed E-state index contributed by atoms with van der Waals surface area (Å²) in [6.45, 7) is 4.80. The quantitative estimate of drug-likeness (QED) is 0.868. The molecule has 120 valence electrons. The molecule has 1 aliphatic heterocycles. The topological polar surface area (TPSA) is 58.6 Å². The third kappa shape index (κ3) is 3.87. The van der Waals surface area contributed by atoms with Crippen LogP contribution in [-0.2, 0) is 14.3 Å². The van der Waals surface area contributed by atoms with Gasteiger partial charge in [-0.2, -0.15) is 0 Å². The Morgan fingerprint density at radius 3 is 2.91 bits per heavy atom. The van der Waals surface area contributed by atoms with Gasteiger partial charge in [0.15, 0.2) is 0 Å². The number of aryl methyl sites for hydroxylation is 1. The SMILES string of the molecule is COC[C@@H](C)N1C[C@H](C(=O)Nc2ccc(Br)cc2C)CC1=O. The number of hydrogen-bond acceptors (Lipinski definition) is 3. The predicted molar refractivity (Wildman–Crippen MR) is 88.7 cm³/mol. The molecule has 1 aromatic rings. The van der Waals surface area contributed by atoms with E-state index in [1.54, 1.807) is 12.0 Å². The van der Waals surface area contributed by atoms with E-state index in [1.165, 1.54) is 0 Å². The van der Waals surface area contributed by atoms with Crippen LogP contribution in [0.2, 0.25) is 0 Å². The van der Waals surface area contributed by atoms with Gasteiger partial charge in [-0.15, -0.1) is 0 Å². The largest absolute Gasteiger partial charge is 0.383 e. The van der Waals surface area contributed by atoms with Crippen molar-refractivity contribution in [3.05, 3.63) is 28.2 Å². The maximum atomic E-state index is 12.4. The Morgan fingerprint density at radius 1 is 1.55 bits per heavy atom. The highest BCUT2D eigenvalue weighted by Gasteiger charge is 2.36. The van der Waals surface area contributed by atoms with E-state index in [1.807, 2.05) is 32.0 Å². The molecule has 2 rings (SSSR count). The molecule has 0 radical (unpaired) electrons. The van der Waals surface area contributed by atoms with Crippen LogP contribution in [0.25, 0.3) is 0 Å². The average molecular weight is 369 g/mol. The Labute approximate surface area is 139 Å². The zero-order chi connectivity index (χ0) is 16.3. The molecule has 0 aliphatic carbocycles. The van der Waals surface area contributed by atoms with E-state index < -0.39 is 0 Å². The lowest BCUT2D eigenvalue weighted by atomic mass is 10.1.